The molecule has 0 aliphatic carbocycles. The van der Waals surface area contributed by atoms with Gasteiger partial charge in [0.25, 0.3) is 6.23 Å². The third-order valence-corrected chi connectivity index (χ3v) is 5.94. The molecule has 130 valence electrons. The van der Waals surface area contributed by atoms with Crippen molar-refractivity contribution in [3.63, 3.8) is 0 Å². The molecule has 0 aromatic heterocycles. The van der Waals surface area contributed by atoms with Crippen molar-refractivity contribution in [3.05, 3.63) is 71.8 Å². The first-order chi connectivity index (χ1) is 12.2. The molecule has 2 atom stereocenters. The molecule has 0 spiro atoms. The minimum atomic E-state index is -0.376. The van der Waals surface area contributed by atoms with Crippen LogP contribution in [0.25, 0.3) is 0 Å². The summed E-state index contributed by atoms with van der Waals surface area (Å²) in [6.07, 6.45) is -0.376. The number of hydrogen-bond acceptors (Lipinski definition) is 3. The van der Waals surface area contributed by atoms with Crippen molar-refractivity contribution in [2.24, 2.45) is 0 Å². The number of ether oxygens (including phenoxy) is 1. The van der Waals surface area contributed by atoms with Crippen molar-refractivity contribution < 1.29 is 14.0 Å². The van der Waals surface area contributed by atoms with Crippen molar-refractivity contribution in [2.45, 2.75) is 11.7 Å². The fourth-order valence-electron chi connectivity index (χ4n) is 3.93. The molecule has 2 aromatic carbocycles. The van der Waals surface area contributed by atoms with Crippen molar-refractivity contribution in [3.8, 4) is 0 Å². The number of hydrogen-bond donors (Lipinski definition) is 0. The van der Waals surface area contributed by atoms with E-state index < -0.39 is 0 Å². The van der Waals surface area contributed by atoms with Crippen LogP contribution in [-0.4, -0.2) is 53.6 Å². The average molecular weight is 358 g/mol. The Kier molecular flexibility index (Phi) is 4.50. The minimum Gasteiger partial charge on any atom is -0.404 e. The summed E-state index contributed by atoms with van der Waals surface area (Å²) in [6, 6.07) is 19.2. The van der Waals surface area contributed by atoms with Crippen LogP contribution in [0.5, 0.6) is 0 Å². The van der Waals surface area contributed by atoms with Crippen LogP contribution in [0.4, 0.5) is 0 Å². The third-order valence-electron chi connectivity index (χ3n) is 5.41. The molecule has 5 rings (SSSR count). The molecule has 0 amide bonds. The Balaban J connectivity index is 1.69. The minimum absolute atomic E-state index is 0.0729. The fourth-order valence-corrected chi connectivity index (χ4v) is 4.42. The SMILES string of the molecule is O=C(OC(c1ccccc1)[N+]12CCN(CC1)CC2Cl)c1ccccc1. The van der Waals surface area contributed by atoms with E-state index in [0.29, 0.717) is 10.0 Å². The lowest BCUT2D eigenvalue weighted by Crippen LogP contribution is -2.72. The highest BCUT2D eigenvalue weighted by Crippen LogP contribution is 2.40. The Bertz CT molecular complexity index is 730. The molecule has 3 fully saturated rings. The van der Waals surface area contributed by atoms with E-state index in [1.54, 1.807) is 12.1 Å². The van der Waals surface area contributed by atoms with E-state index in [1.165, 1.54) is 0 Å². The van der Waals surface area contributed by atoms with Gasteiger partial charge in [-0.1, -0.05) is 48.0 Å². The van der Waals surface area contributed by atoms with Gasteiger partial charge in [0.2, 0.25) is 0 Å². The van der Waals surface area contributed by atoms with E-state index in [2.05, 4.69) is 4.90 Å². The highest BCUT2D eigenvalue weighted by atomic mass is 35.5. The van der Waals surface area contributed by atoms with Crippen LogP contribution in [0.2, 0.25) is 0 Å². The molecule has 2 aromatic rings. The standard InChI is InChI=1S/C20H22ClN2O2/c21-18-15-22-11-13-23(18,14-12-22)19(16-7-3-1-4-8-16)25-20(24)17-9-5-2-6-10-17/h1-10,18-19H,11-15H2/q+1. The summed E-state index contributed by atoms with van der Waals surface area (Å²) in [5.41, 5.74) is 1.51. The topological polar surface area (TPSA) is 29.5 Å². The zero-order chi connectivity index (χ0) is 17.3. The number of nitrogens with zero attached hydrogens (tertiary/aromatic N) is 2. The predicted octanol–water partition coefficient (Wildman–Crippen LogP) is 3.25. The fraction of sp³-hybridized carbons (Fsp3) is 0.350. The van der Waals surface area contributed by atoms with Crippen molar-refractivity contribution in [1.29, 1.82) is 0 Å². The number of alkyl halides is 1. The van der Waals surface area contributed by atoms with Crippen LogP contribution in [0.3, 0.4) is 0 Å². The molecular weight excluding hydrogens is 336 g/mol. The van der Waals surface area contributed by atoms with Crippen LogP contribution >= 0.6 is 11.6 Å². The van der Waals surface area contributed by atoms with E-state index >= 15 is 0 Å². The summed E-state index contributed by atoms with van der Waals surface area (Å²) >= 11 is 6.78. The molecule has 5 heteroatoms. The Hall–Kier alpha value is -1.88. The molecule has 3 saturated heterocycles. The molecule has 4 nitrogen and oxygen atoms in total. The first kappa shape index (κ1) is 16.6. The number of benzene rings is 2. The third kappa shape index (κ3) is 3.06. The van der Waals surface area contributed by atoms with Gasteiger partial charge in [-0.15, -0.1) is 0 Å². The summed E-state index contributed by atoms with van der Waals surface area (Å²) < 4.78 is 6.69. The van der Waals surface area contributed by atoms with E-state index in [1.807, 2.05) is 48.5 Å². The number of esters is 1. The molecule has 3 heterocycles. The molecule has 0 saturated carbocycles. The van der Waals surface area contributed by atoms with Gasteiger partial charge in [-0.3, -0.25) is 9.38 Å². The lowest BCUT2D eigenvalue weighted by molar-refractivity contribution is -0.997. The number of carbonyl (C=O) groups is 1. The number of halogens is 1. The Morgan fingerprint density at radius 2 is 1.64 bits per heavy atom. The quantitative estimate of drug-likeness (QED) is 0.364. The van der Waals surface area contributed by atoms with Crippen LogP contribution in [-0.2, 0) is 4.74 Å². The van der Waals surface area contributed by atoms with Crippen molar-refractivity contribution in [2.75, 3.05) is 32.7 Å². The number of piperazine rings is 3. The van der Waals surface area contributed by atoms with Gasteiger partial charge in [0.1, 0.15) is 0 Å². The number of carbonyl (C=O) groups excluding carboxylic acids is 1. The van der Waals surface area contributed by atoms with Gasteiger partial charge >= 0.3 is 5.97 Å². The van der Waals surface area contributed by atoms with Crippen molar-refractivity contribution in [1.82, 2.24) is 4.90 Å². The lowest BCUT2D eigenvalue weighted by Gasteiger charge is -2.55. The first-order valence-electron chi connectivity index (χ1n) is 8.73. The Morgan fingerprint density at radius 3 is 2.24 bits per heavy atom. The summed E-state index contributed by atoms with van der Waals surface area (Å²) in [7, 11) is 0. The smallest absolute Gasteiger partial charge is 0.342 e. The van der Waals surface area contributed by atoms with E-state index in [0.717, 1.165) is 38.3 Å². The van der Waals surface area contributed by atoms with Gasteiger partial charge < -0.3 is 4.74 Å². The molecule has 3 aliphatic heterocycles. The first-order valence-corrected chi connectivity index (χ1v) is 9.16. The number of rotatable bonds is 4. The molecule has 25 heavy (non-hydrogen) atoms. The van der Waals surface area contributed by atoms with E-state index in [4.69, 9.17) is 16.3 Å². The van der Waals surface area contributed by atoms with Gasteiger partial charge in [0, 0.05) is 13.1 Å². The maximum absolute atomic E-state index is 12.8. The maximum atomic E-state index is 12.8. The second-order valence-electron chi connectivity index (χ2n) is 6.82. The van der Waals surface area contributed by atoms with Gasteiger partial charge in [-0.2, -0.15) is 0 Å². The predicted molar refractivity (Wildman–Crippen MR) is 97.1 cm³/mol. The van der Waals surface area contributed by atoms with Gasteiger partial charge in [0.05, 0.1) is 30.8 Å². The lowest BCUT2D eigenvalue weighted by atomic mass is 10.1. The van der Waals surface area contributed by atoms with Crippen LogP contribution < -0.4 is 0 Å². The Labute approximate surface area is 153 Å². The molecule has 2 bridgehead atoms. The van der Waals surface area contributed by atoms with Crippen LogP contribution in [0.1, 0.15) is 22.1 Å². The largest absolute Gasteiger partial charge is 0.404 e. The summed E-state index contributed by atoms with van der Waals surface area (Å²) in [5.74, 6) is -0.293. The highest BCUT2D eigenvalue weighted by Gasteiger charge is 2.52. The number of quaternary nitrogens is 1. The molecule has 2 unspecified atom stereocenters. The van der Waals surface area contributed by atoms with Crippen LogP contribution in [0.15, 0.2) is 60.7 Å². The molecular formula is C20H22ClN2O2+. The maximum Gasteiger partial charge on any atom is 0.342 e. The second kappa shape index (κ2) is 6.79. The van der Waals surface area contributed by atoms with E-state index in [9.17, 15) is 4.79 Å². The summed E-state index contributed by atoms with van der Waals surface area (Å²) in [5, 5.41) is 0. The number of fused-ring (bicyclic) bond motifs is 3. The highest BCUT2D eigenvalue weighted by molar-refractivity contribution is 6.19. The van der Waals surface area contributed by atoms with E-state index in [-0.39, 0.29) is 17.7 Å². The Morgan fingerprint density at radius 1 is 1.04 bits per heavy atom. The van der Waals surface area contributed by atoms with Gasteiger partial charge in [-0.05, 0) is 24.3 Å². The molecule has 0 N–H and O–H groups in total. The van der Waals surface area contributed by atoms with Crippen LogP contribution in [0, 0.1) is 0 Å². The van der Waals surface area contributed by atoms with Crippen molar-refractivity contribution >= 4 is 17.6 Å². The monoisotopic (exact) mass is 357 g/mol. The summed E-state index contributed by atoms with van der Waals surface area (Å²) in [4.78, 5) is 15.2. The summed E-state index contributed by atoms with van der Waals surface area (Å²) in [6.45, 7) is 4.63. The van der Waals surface area contributed by atoms with Gasteiger partial charge in [-0.25, -0.2) is 4.79 Å². The second-order valence-corrected chi connectivity index (χ2v) is 7.32. The van der Waals surface area contributed by atoms with Gasteiger partial charge in [0.15, 0.2) is 5.50 Å². The zero-order valence-corrected chi connectivity index (χ0v) is 14.8. The molecule has 3 aliphatic rings. The average Bonchev–Trinajstić information content (AvgIpc) is 2.68. The molecule has 0 radical (unpaired) electrons. The zero-order valence-electron chi connectivity index (χ0n) is 14.1. The normalized spacial score (nSPS) is 29.2.